The van der Waals surface area contributed by atoms with E-state index in [9.17, 15) is 9.59 Å². The van der Waals surface area contributed by atoms with Crippen molar-refractivity contribution in [2.75, 3.05) is 13.1 Å². The predicted molar refractivity (Wildman–Crippen MR) is 107 cm³/mol. The molecule has 1 N–H and O–H groups in total. The fraction of sp³-hybridized carbons (Fsp3) is 0.619. The number of aromatic nitrogens is 3. The van der Waals surface area contributed by atoms with Crippen molar-refractivity contribution in [3.63, 3.8) is 0 Å². The number of hydrogen-bond acceptors (Lipinski definition) is 4. The minimum atomic E-state index is -0.0642. The van der Waals surface area contributed by atoms with E-state index in [0.717, 1.165) is 23.5 Å². The lowest BCUT2D eigenvalue weighted by molar-refractivity contribution is -0.128. The maximum Gasteiger partial charge on any atom is 0.224 e. The van der Waals surface area contributed by atoms with Gasteiger partial charge in [0, 0.05) is 45.6 Å². The number of imidazole rings is 1. The molecule has 0 spiro atoms. The van der Waals surface area contributed by atoms with Crippen LogP contribution in [0.5, 0.6) is 0 Å². The van der Waals surface area contributed by atoms with Gasteiger partial charge in [-0.2, -0.15) is 0 Å². The van der Waals surface area contributed by atoms with Crippen LogP contribution < -0.4 is 5.32 Å². The summed E-state index contributed by atoms with van der Waals surface area (Å²) >= 11 is 0. The molecule has 1 unspecified atom stereocenters. The van der Waals surface area contributed by atoms with Crippen LogP contribution in [0.2, 0.25) is 0 Å². The summed E-state index contributed by atoms with van der Waals surface area (Å²) in [6.45, 7) is 1.51. The van der Waals surface area contributed by atoms with Gasteiger partial charge >= 0.3 is 0 Å². The largest absolute Gasteiger partial charge is 0.351 e. The predicted octanol–water partition coefficient (Wildman–Crippen LogP) is 2.20. The standard InChI is InChI=1S/C21H29N5O2/c1-25-18(24-17-8-5-11-22-21(17)25)9-10-19(27)23-16-12-20(28)26(14-16)13-15-6-3-2-4-7-15/h5,8,11,15-16H,2-4,6-7,9-10,12-14H2,1H3,(H,23,27). The summed E-state index contributed by atoms with van der Waals surface area (Å²) in [6.07, 6.45) is 9.45. The van der Waals surface area contributed by atoms with E-state index in [1.54, 1.807) is 6.20 Å². The van der Waals surface area contributed by atoms with E-state index in [-0.39, 0.29) is 17.9 Å². The maximum atomic E-state index is 12.4. The van der Waals surface area contributed by atoms with Crippen molar-refractivity contribution in [2.24, 2.45) is 13.0 Å². The Morgan fingerprint density at radius 3 is 2.89 bits per heavy atom. The number of carbonyl (C=O) groups excluding carboxylic acids is 2. The molecule has 0 bridgehead atoms. The van der Waals surface area contributed by atoms with E-state index >= 15 is 0 Å². The van der Waals surface area contributed by atoms with Gasteiger partial charge in [0.25, 0.3) is 0 Å². The first kappa shape index (κ1) is 18.9. The molecule has 2 fully saturated rings. The molecule has 7 heteroatoms. The molecule has 1 saturated carbocycles. The van der Waals surface area contributed by atoms with Crippen molar-refractivity contribution >= 4 is 23.0 Å². The number of nitrogens with zero attached hydrogens (tertiary/aromatic N) is 4. The third-order valence-corrected chi connectivity index (χ3v) is 6.08. The van der Waals surface area contributed by atoms with Gasteiger partial charge in [0.2, 0.25) is 11.8 Å². The molecule has 2 aromatic rings. The van der Waals surface area contributed by atoms with E-state index in [0.29, 0.717) is 31.7 Å². The SMILES string of the molecule is Cn1c(CCC(=O)NC2CC(=O)N(CC3CCCCC3)C2)nc2cccnc21. The van der Waals surface area contributed by atoms with E-state index in [2.05, 4.69) is 15.3 Å². The zero-order valence-electron chi connectivity index (χ0n) is 16.6. The maximum absolute atomic E-state index is 12.4. The first-order valence-electron chi connectivity index (χ1n) is 10.4. The van der Waals surface area contributed by atoms with Crippen LogP contribution >= 0.6 is 0 Å². The second kappa shape index (κ2) is 8.29. The summed E-state index contributed by atoms with van der Waals surface area (Å²) in [6, 6.07) is 3.73. The van der Waals surface area contributed by atoms with Gasteiger partial charge < -0.3 is 14.8 Å². The fourth-order valence-corrected chi connectivity index (χ4v) is 4.55. The van der Waals surface area contributed by atoms with E-state index in [1.807, 2.05) is 28.6 Å². The van der Waals surface area contributed by atoms with E-state index in [4.69, 9.17) is 0 Å². The molecule has 2 amide bonds. The van der Waals surface area contributed by atoms with Crippen molar-refractivity contribution in [1.29, 1.82) is 0 Å². The van der Waals surface area contributed by atoms with Crippen LogP contribution in [0.1, 0.15) is 50.8 Å². The molecule has 1 aliphatic carbocycles. The van der Waals surface area contributed by atoms with Crippen LogP contribution in [0.4, 0.5) is 0 Å². The van der Waals surface area contributed by atoms with Crippen molar-refractivity contribution in [3.8, 4) is 0 Å². The second-order valence-electron chi connectivity index (χ2n) is 8.20. The molecule has 7 nitrogen and oxygen atoms in total. The number of amides is 2. The summed E-state index contributed by atoms with van der Waals surface area (Å²) < 4.78 is 1.94. The Labute approximate surface area is 165 Å². The van der Waals surface area contributed by atoms with Gasteiger partial charge in [-0.05, 0) is 30.9 Å². The van der Waals surface area contributed by atoms with E-state index < -0.39 is 0 Å². The topological polar surface area (TPSA) is 80.1 Å². The van der Waals surface area contributed by atoms with Crippen LogP contribution in [0.25, 0.3) is 11.2 Å². The van der Waals surface area contributed by atoms with Crippen LogP contribution in [-0.2, 0) is 23.1 Å². The molecule has 4 rings (SSSR count). The van der Waals surface area contributed by atoms with Gasteiger partial charge in [0.15, 0.2) is 5.65 Å². The average molecular weight is 383 g/mol. The van der Waals surface area contributed by atoms with E-state index in [1.165, 1.54) is 32.1 Å². The highest BCUT2D eigenvalue weighted by atomic mass is 16.2. The summed E-state index contributed by atoms with van der Waals surface area (Å²) in [5, 5.41) is 3.05. The van der Waals surface area contributed by atoms with Crippen molar-refractivity contribution in [1.82, 2.24) is 24.8 Å². The van der Waals surface area contributed by atoms with Crippen LogP contribution in [0.3, 0.4) is 0 Å². The monoisotopic (exact) mass is 383 g/mol. The number of likely N-dealkylation sites (tertiary alicyclic amines) is 1. The number of carbonyl (C=O) groups is 2. The Morgan fingerprint density at radius 2 is 2.11 bits per heavy atom. The van der Waals surface area contributed by atoms with Crippen LogP contribution in [0, 0.1) is 5.92 Å². The number of fused-ring (bicyclic) bond motifs is 1. The van der Waals surface area contributed by atoms with Gasteiger partial charge in [-0.3, -0.25) is 9.59 Å². The molecular weight excluding hydrogens is 354 g/mol. The fourth-order valence-electron chi connectivity index (χ4n) is 4.55. The Bertz CT molecular complexity index is 856. The third-order valence-electron chi connectivity index (χ3n) is 6.08. The number of aryl methyl sites for hydroxylation is 2. The molecular formula is C21H29N5O2. The van der Waals surface area contributed by atoms with Crippen LogP contribution in [-0.4, -0.2) is 50.4 Å². The lowest BCUT2D eigenvalue weighted by Gasteiger charge is -2.27. The van der Waals surface area contributed by atoms with Gasteiger partial charge in [-0.25, -0.2) is 9.97 Å². The first-order chi connectivity index (χ1) is 13.6. The Balaban J connectivity index is 1.26. The zero-order chi connectivity index (χ0) is 19.5. The number of rotatable bonds is 6. The highest BCUT2D eigenvalue weighted by Gasteiger charge is 2.32. The molecule has 1 saturated heterocycles. The van der Waals surface area contributed by atoms with Gasteiger partial charge in [-0.1, -0.05) is 19.3 Å². The second-order valence-corrected chi connectivity index (χ2v) is 8.20. The Hall–Kier alpha value is -2.44. The summed E-state index contributed by atoms with van der Waals surface area (Å²) in [5.74, 6) is 1.65. The van der Waals surface area contributed by atoms with Crippen molar-refractivity contribution in [3.05, 3.63) is 24.2 Å². The lowest BCUT2D eigenvalue weighted by atomic mass is 9.89. The number of hydrogen-bond donors (Lipinski definition) is 1. The molecule has 3 heterocycles. The normalized spacial score (nSPS) is 20.8. The minimum Gasteiger partial charge on any atom is -0.351 e. The molecule has 2 aliphatic rings. The van der Waals surface area contributed by atoms with Gasteiger partial charge in [0.1, 0.15) is 11.3 Å². The van der Waals surface area contributed by atoms with Crippen LogP contribution in [0.15, 0.2) is 18.3 Å². The van der Waals surface area contributed by atoms with Gasteiger partial charge in [0.05, 0.1) is 6.04 Å². The highest BCUT2D eigenvalue weighted by molar-refractivity contribution is 5.82. The molecule has 1 atom stereocenters. The number of nitrogens with one attached hydrogen (secondary N) is 1. The smallest absolute Gasteiger partial charge is 0.224 e. The quantitative estimate of drug-likeness (QED) is 0.829. The summed E-state index contributed by atoms with van der Waals surface area (Å²) in [5.41, 5.74) is 1.68. The number of pyridine rings is 1. The minimum absolute atomic E-state index is 0.0164. The molecule has 0 radical (unpaired) electrons. The first-order valence-corrected chi connectivity index (χ1v) is 10.4. The molecule has 1 aliphatic heterocycles. The highest BCUT2D eigenvalue weighted by Crippen LogP contribution is 2.26. The zero-order valence-corrected chi connectivity index (χ0v) is 16.6. The van der Waals surface area contributed by atoms with Gasteiger partial charge in [-0.15, -0.1) is 0 Å². The Morgan fingerprint density at radius 1 is 1.29 bits per heavy atom. The molecule has 2 aromatic heterocycles. The Kier molecular flexibility index (Phi) is 5.59. The molecule has 150 valence electrons. The lowest BCUT2D eigenvalue weighted by Crippen LogP contribution is -2.38. The van der Waals surface area contributed by atoms with Crippen molar-refractivity contribution < 1.29 is 9.59 Å². The summed E-state index contributed by atoms with van der Waals surface area (Å²) in [4.78, 5) is 35.6. The molecule has 28 heavy (non-hydrogen) atoms. The van der Waals surface area contributed by atoms with Crippen molar-refractivity contribution in [2.45, 2.75) is 57.4 Å². The third kappa shape index (κ3) is 4.18. The average Bonchev–Trinajstić information content (AvgIpc) is 3.20. The summed E-state index contributed by atoms with van der Waals surface area (Å²) in [7, 11) is 1.92. The molecule has 0 aromatic carbocycles.